The maximum atomic E-state index is 12.5. The molecule has 2 heterocycles. The van der Waals surface area contributed by atoms with E-state index in [2.05, 4.69) is 20.6 Å². The van der Waals surface area contributed by atoms with Gasteiger partial charge in [-0.2, -0.15) is 13.2 Å². The number of allylic oxidation sites excluding steroid dienone is 1. The number of hydrogen-bond acceptors (Lipinski definition) is 5. The van der Waals surface area contributed by atoms with Gasteiger partial charge in [-0.25, -0.2) is 4.98 Å². The van der Waals surface area contributed by atoms with E-state index in [1.807, 2.05) is 23.9 Å². The van der Waals surface area contributed by atoms with Gasteiger partial charge in [0.1, 0.15) is 17.4 Å². The number of aromatic nitrogens is 3. The third-order valence-electron chi connectivity index (χ3n) is 4.14. The number of fused-ring (bicyclic) bond motifs is 1. The van der Waals surface area contributed by atoms with E-state index in [-0.39, 0.29) is 11.4 Å². The molecule has 0 saturated carbocycles. The molecule has 0 radical (unpaired) electrons. The molecule has 0 saturated heterocycles. The van der Waals surface area contributed by atoms with Gasteiger partial charge in [0.15, 0.2) is 0 Å². The van der Waals surface area contributed by atoms with Crippen molar-refractivity contribution < 1.29 is 18.0 Å². The summed E-state index contributed by atoms with van der Waals surface area (Å²) < 4.78 is 39.4. The van der Waals surface area contributed by atoms with E-state index in [9.17, 15) is 18.0 Å². The lowest BCUT2D eigenvalue weighted by Gasteiger charge is -2.11. The predicted molar refractivity (Wildman–Crippen MR) is 102 cm³/mol. The Labute approximate surface area is 163 Å². The van der Waals surface area contributed by atoms with E-state index < -0.39 is 17.8 Å². The fourth-order valence-corrected chi connectivity index (χ4v) is 2.62. The van der Waals surface area contributed by atoms with Crippen LogP contribution in [0.3, 0.4) is 0 Å². The van der Waals surface area contributed by atoms with Crippen LogP contribution in [0.1, 0.15) is 10.4 Å². The maximum absolute atomic E-state index is 12.5. The van der Waals surface area contributed by atoms with Crippen molar-refractivity contribution in [3.63, 3.8) is 0 Å². The van der Waals surface area contributed by atoms with Crippen LogP contribution in [0.25, 0.3) is 22.3 Å². The summed E-state index contributed by atoms with van der Waals surface area (Å²) in [6.07, 6.45) is 0.841. The van der Waals surface area contributed by atoms with Crippen molar-refractivity contribution >= 4 is 22.5 Å². The second kappa shape index (κ2) is 7.74. The Balaban J connectivity index is 1.84. The zero-order valence-corrected chi connectivity index (χ0v) is 15.5. The minimum absolute atomic E-state index is 0.217. The molecular weight excluding hydrogens is 385 g/mol. The summed E-state index contributed by atoms with van der Waals surface area (Å²) in [7, 11) is 3.21. The Morgan fingerprint density at radius 2 is 2.00 bits per heavy atom. The van der Waals surface area contributed by atoms with Gasteiger partial charge >= 0.3 is 6.18 Å². The van der Waals surface area contributed by atoms with Crippen LogP contribution in [-0.2, 0) is 7.05 Å². The summed E-state index contributed by atoms with van der Waals surface area (Å²) >= 11 is 0. The summed E-state index contributed by atoms with van der Waals surface area (Å²) in [6, 6.07) is 6.67. The highest BCUT2D eigenvalue weighted by molar-refractivity contribution is 6.01. The van der Waals surface area contributed by atoms with Gasteiger partial charge in [0.05, 0.1) is 5.52 Å². The smallest absolute Gasteiger partial charge is 0.375 e. The number of amides is 1. The van der Waals surface area contributed by atoms with E-state index in [1.165, 1.54) is 13.1 Å². The highest BCUT2D eigenvalue weighted by Gasteiger charge is 2.33. The standard InChI is InChI=1S/C19H17F3N6O/c1-24-16(9-15(23)19(20,21)22)27-18(29)12-4-3-11-7-13(10-26-14(11)8-12)17-25-5-6-28(17)2/h3-10,23-24H,1-2H3,(H,27,29)/b16-9+,23-15?. The van der Waals surface area contributed by atoms with Crippen molar-refractivity contribution in [2.45, 2.75) is 6.18 Å². The van der Waals surface area contributed by atoms with E-state index in [4.69, 9.17) is 5.41 Å². The first-order valence-electron chi connectivity index (χ1n) is 8.43. The molecule has 0 bridgehead atoms. The average Bonchev–Trinajstić information content (AvgIpc) is 3.11. The molecule has 3 N–H and O–H groups in total. The molecule has 1 aromatic carbocycles. The number of nitrogens with one attached hydrogen (secondary N) is 3. The highest BCUT2D eigenvalue weighted by atomic mass is 19.4. The molecule has 0 aliphatic rings. The van der Waals surface area contributed by atoms with Gasteiger partial charge in [0.2, 0.25) is 0 Å². The van der Waals surface area contributed by atoms with Crippen LogP contribution in [0.2, 0.25) is 0 Å². The maximum Gasteiger partial charge on any atom is 0.432 e. The van der Waals surface area contributed by atoms with E-state index in [0.29, 0.717) is 11.6 Å². The summed E-state index contributed by atoms with van der Waals surface area (Å²) in [5.41, 5.74) is 0.000436. The minimum Gasteiger partial charge on any atom is -0.375 e. The number of nitrogens with zero attached hydrogens (tertiary/aromatic N) is 3. The summed E-state index contributed by atoms with van der Waals surface area (Å²) in [6.45, 7) is 0. The Bertz CT molecular complexity index is 1120. The van der Waals surface area contributed by atoms with Crippen molar-refractivity contribution in [3.8, 4) is 11.4 Å². The van der Waals surface area contributed by atoms with Gasteiger partial charge in [-0.1, -0.05) is 6.07 Å². The molecular formula is C19H17F3N6O. The number of hydrogen-bond donors (Lipinski definition) is 3. The fourth-order valence-electron chi connectivity index (χ4n) is 2.62. The number of carbonyl (C=O) groups is 1. The van der Waals surface area contributed by atoms with Crippen LogP contribution in [0, 0.1) is 5.41 Å². The van der Waals surface area contributed by atoms with E-state index in [0.717, 1.165) is 16.8 Å². The van der Waals surface area contributed by atoms with Crippen LogP contribution in [0.4, 0.5) is 13.2 Å². The Morgan fingerprint density at radius 1 is 1.24 bits per heavy atom. The van der Waals surface area contributed by atoms with Gasteiger partial charge in [0, 0.05) is 55.3 Å². The number of imidazole rings is 1. The molecule has 0 unspecified atom stereocenters. The molecule has 29 heavy (non-hydrogen) atoms. The minimum atomic E-state index is -4.80. The SMILES string of the molecule is CN/C(=C\C(=N)C(F)(F)F)NC(=O)c1ccc2cc(-c3nccn3C)cnc2c1. The van der Waals surface area contributed by atoms with Crippen molar-refractivity contribution in [2.75, 3.05) is 7.05 Å². The number of benzene rings is 1. The molecule has 0 atom stereocenters. The first-order chi connectivity index (χ1) is 13.7. The molecule has 3 rings (SSSR count). The Kier molecular flexibility index (Phi) is 5.35. The first-order valence-corrected chi connectivity index (χ1v) is 8.43. The Hall–Kier alpha value is -3.69. The van der Waals surface area contributed by atoms with Gasteiger partial charge < -0.3 is 15.2 Å². The summed E-state index contributed by atoms with van der Waals surface area (Å²) in [5, 5.41) is 12.6. The van der Waals surface area contributed by atoms with Gasteiger partial charge in [-0.05, 0) is 18.2 Å². The van der Waals surface area contributed by atoms with Crippen LogP contribution >= 0.6 is 0 Å². The molecule has 1 amide bonds. The molecule has 2 aromatic heterocycles. The quantitative estimate of drug-likeness (QED) is 0.572. The molecule has 150 valence electrons. The number of aryl methyl sites for hydroxylation is 1. The predicted octanol–water partition coefficient (Wildman–Crippen LogP) is 3.01. The molecule has 0 aliphatic heterocycles. The number of alkyl halides is 3. The van der Waals surface area contributed by atoms with Crippen LogP contribution in [0.15, 0.2) is 54.8 Å². The van der Waals surface area contributed by atoms with Crippen LogP contribution in [-0.4, -0.2) is 39.4 Å². The topological polar surface area (TPSA) is 95.7 Å². The van der Waals surface area contributed by atoms with E-state index >= 15 is 0 Å². The van der Waals surface area contributed by atoms with Crippen molar-refractivity contribution in [2.24, 2.45) is 7.05 Å². The second-order valence-corrected chi connectivity index (χ2v) is 6.17. The Morgan fingerprint density at radius 3 is 2.62 bits per heavy atom. The van der Waals surface area contributed by atoms with E-state index in [1.54, 1.807) is 24.5 Å². The number of rotatable bonds is 5. The van der Waals surface area contributed by atoms with Gasteiger partial charge in [0.25, 0.3) is 5.91 Å². The zero-order valence-electron chi connectivity index (χ0n) is 15.5. The zero-order chi connectivity index (χ0) is 21.2. The van der Waals surface area contributed by atoms with Crippen molar-refractivity contribution in [1.29, 1.82) is 5.41 Å². The normalized spacial score (nSPS) is 12.1. The monoisotopic (exact) mass is 402 g/mol. The largest absolute Gasteiger partial charge is 0.432 e. The lowest BCUT2D eigenvalue weighted by Crippen LogP contribution is -2.32. The lowest BCUT2D eigenvalue weighted by molar-refractivity contribution is -0.0584. The average molecular weight is 402 g/mol. The molecule has 0 aliphatic carbocycles. The molecule has 0 spiro atoms. The number of carbonyl (C=O) groups excluding carboxylic acids is 1. The van der Waals surface area contributed by atoms with Crippen LogP contribution < -0.4 is 10.6 Å². The van der Waals surface area contributed by atoms with Crippen LogP contribution in [0.5, 0.6) is 0 Å². The third kappa shape index (κ3) is 4.42. The van der Waals surface area contributed by atoms with Gasteiger partial charge in [-0.3, -0.25) is 15.2 Å². The summed E-state index contributed by atoms with van der Waals surface area (Å²) in [5.74, 6) is -0.120. The van der Waals surface area contributed by atoms with Crippen molar-refractivity contribution in [1.82, 2.24) is 25.2 Å². The second-order valence-electron chi connectivity index (χ2n) is 6.17. The first kappa shape index (κ1) is 20.1. The lowest BCUT2D eigenvalue weighted by atomic mass is 10.1. The molecule has 10 heteroatoms. The fraction of sp³-hybridized carbons (Fsp3) is 0.158. The highest BCUT2D eigenvalue weighted by Crippen LogP contribution is 2.22. The van der Waals surface area contributed by atoms with Crippen molar-refractivity contribution in [3.05, 3.63) is 60.3 Å². The molecule has 3 aromatic rings. The molecule has 7 nitrogen and oxygen atoms in total. The number of pyridine rings is 1. The summed E-state index contributed by atoms with van der Waals surface area (Å²) in [4.78, 5) is 21.0. The van der Waals surface area contributed by atoms with Gasteiger partial charge in [-0.15, -0.1) is 0 Å². The third-order valence-corrected chi connectivity index (χ3v) is 4.14. The number of halogens is 3. The molecule has 0 fully saturated rings.